The molecule has 2 aliphatic rings. The molecular formula is C31H37N7O3. The maximum Gasteiger partial charge on any atom is 0.278 e. The number of ether oxygens (including phenoxy) is 1. The average Bonchev–Trinajstić information content (AvgIpc) is 3.20. The second-order valence-electron chi connectivity index (χ2n) is 11.4. The number of likely N-dealkylation sites (tertiary alicyclic amines) is 1. The third kappa shape index (κ3) is 5.62. The zero-order valence-corrected chi connectivity index (χ0v) is 23.7. The molecule has 0 unspecified atom stereocenters. The summed E-state index contributed by atoms with van der Waals surface area (Å²) in [6.45, 7) is 9.63. The Morgan fingerprint density at radius 1 is 1.10 bits per heavy atom. The predicted octanol–water partition coefficient (Wildman–Crippen LogP) is 4.53. The second-order valence-corrected chi connectivity index (χ2v) is 11.4. The third-order valence-electron chi connectivity index (χ3n) is 8.04. The fourth-order valence-corrected chi connectivity index (χ4v) is 5.54. The van der Waals surface area contributed by atoms with Crippen molar-refractivity contribution in [2.45, 2.75) is 70.2 Å². The number of rotatable bonds is 9. The molecular weight excluding hydrogens is 518 g/mol. The van der Waals surface area contributed by atoms with Crippen LogP contribution < -0.4 is 15.6 Å². The number of allylic oxidation sites excluding steroid dienone is 1. The van der Waals surface area contributed by atoms with Crippen molar-refractivity contribution >= 4 is 22.7 Å². The highest BCUT2D eigenvalue weighted by molar-refractivity contribution is 5.77. The van der Waals surface area contributed by atoms with Gasteiger partial charge in [-0.3, -0.25) is 4.79 Å². The predicted molar refractivity (Wildman–Crippen MR) is 159 cm³/mol. The van der Waals surface area contributed by atoms with Gasteiger partial charge >= 0.3 is 0 Å². The van der Waals surface area contributed by atoms with Gasteiger partial charge < -0.3 is 20.1 Å². The summed E-state index contributed by atoms with van der Waals surface area (Å²) in [6, 6.07) is 13.9. The van der Waals surface area contributed by atoms with E-state index >= 15 is 0 Å². The lowest BCUT2D eigenvalue weighted by Crippen LogP contribution is -2.46. The Bertz CT molecular complexity index is 1590. The van der Waals surface area contributed by atoms with Crippen molar-refractivity contribution in [1.29, 1.82) is 0 Å². The Morgan fingerprint density at radius 2 is 1.85 bits per heavy atom. The summed E-state index contributed by atoms with van der Waals surface area (Å²) >= 11 is 0. The van der Waals surface area contributed by atoms with Gasteiger partial charge in [0.15, 0.2) is 11.5 Å². The average molecular weight is 556 g/mol. The van der Waals surface area contributed by atoms with Gasteiger partial charge in [0.05, 0.1) is 12.2 Å². The van der Waals surface area contributed by atoms with E-state index in [2.05, 4.69) is 26.8 Å². The number of hydrogen-bond donors (Lipinski definition) is 2. The molecule has 1 saturated carbocycles. The molecule has 2 fully saturated rings. The lowest BCUT2D eigenvalue weighted by atomic mass is 9.90. The highest BCUT2D eigenvalue weighted by Crippen LogP contribution is 2.29. The molecule has 0 atom stereocenters. The van der Waals surface area contributed by atoms with E-state index in [-0.39, 0.29) is 18.2 Å². The molecule has 3 aromatic heterocycles. The van der Waals surface area contributed by atoms with Gasteiger partial charge in [-0.05, 0) is 75.9 Å². The summed E-state index contributed by atoms with van der Waals surface area (Å²) < 4.78 is 9.43. The van der Waals surface area contributed by atoms with E-state index in [1.165, 1.54) is 30.1 Å². The van der Waals surface area contributed by atoms with Crippen molar-refractivity contribution in [2.75, 3.05) is 18.4 Å². The van der Waals surface area contributed by atoms with E-state index in [4.69, 9.17) is 9.72 Å². The number of hydrogen-bond acceptors (Lipinski definition) is 8. The molecule has 0 bridgehead atoms. The quantitative estimate of drug-likeness (QED) is 0.290. The number of anilines is 2. The zero-order chi connectivity index (χ0) is 28.6. The summed E-state index contributed by atoms with van der Waals surface area (Å²) in [5.74, 6) is 1.66. The minimum atomic E-state index is -1.15. The van der Waals surface area contributed by atoms with Crippen LogP contribution in [0, 0.1) is 0 Å². The Balaban J connectivity index is 1.21. The van der Waals surface area contributed by atoms with Crippen molar-refractivity contribution < 1.29 is 9.84 Å². The summed E-state index contributed by atoms with van der Waals surface area (Å²) in [7, 11) is 0. The van der Waals surface area contributed by atoms with Gasteiger partial charge in [-0.1, -0.05) is 18.6 Å². The van der Waals surface area contributed by atoms with Crippen molar-refractivity contribution in [2.24, 2.45) is 0 Å². The largest absolute Gasteiger partial charge is 0.490 e. The minimum absolute atomic E-state index is 0.246. The maximum atomic E-state index is 13.2. The number of piperidine rings is 1. The van der Waals surface area contributed by atoms with Gasteiger partial charge in [-0.15, -0.1) is 6.58 Å². The van der Waals surface area contributed by atoms with Crippen LogP contribution in [0.15, 0.2) is 66.1 Å². The molecule has 1 aliphatic carbocycles. The first-order valence-corrected chi connectivity index (χ1v) is 14.4. The molecule has 0 spiro atoms. The van der Waals surface area contributed by atoms with E-state index < -0.39 is 5.60 Å². The molecule has 2 N–H and O–H groups in total. The van der Waals surface area contributed by atoms with Gasteiger partial charge in [-0.2, -0.15) is 4.98 Å². The van der Waals surface area contributed by atoms with Gasteiger partial charge in [0.2, 0.25) is 5.95 Å². The van der Waals surface area contributed by atoms with E-state index in [1.807, 2.05) is 24.3 Å². The Kier molecular flexibility index (Phi) is 7.35. The first-order valence-electron chi connectivity index (χ1n) is 14.4. The maximum absolute atomic E-state index is 13.2. The monoisotopic (exact) mass is 555 g/mol. The van der Waals surface area contributed by atoms with Crippen molar-refractivity contribution in [3.05, 3.63) is 77.4 Å². The highest BCUT2D eigenvalue weighted by atomic mass is 16.5. The number of fused-ring (bicyclic) bond motifs is 1. The van der Waals surface area contributed by atoms with E-state index in [9.17, 15) is 9.90 Å². The van der Waals surface area contributed by atoms with Crippen LogP contribution in [-0.4, -0.2) is 59.6 Å². The van der Waals surface area contributed by atoms with Crippen molar-refractivity contribution in [3.63, 3.8) is 0 Å². The number of aliphatic hydroxyl groups is 1. The van der Waals surface area contributed by atoms with Crippen LogP contribution in [0.5, 0.6) is 5.75 Å². The molecule has 1 saturated heterocycles. The number of nitrogens with zero attached hydrogens (tertiary/aromatic N) is 6. The van der Waals surface area contributed by atoms with Gasteiger partial charge in [-0.25, -0.2) is 19.3 Å². The summed E-state index contributed by atoms with van der Waals surface area (Å²) in [6.07, 6.45) is 9.60. The Morgan fingerprint density at radius 3 is 2.51 bits per heavy atom. The molecule has 6 rings (SSSR count). The number of aromatic nitrogens is 5. The van der Waals surface area contributed by atoms with Crippen molar-refractivity contribution in [1.82, 2.24) is 29.2 Å². The van der Waals surface area contributed by atoms with Crippen LogP contribution >= 0.6 is 0 Å². The molecule has 4 aromatic rings. The minimum Gasteiger partial charge on any atom is -0.490 e. The molecule has 0 amide bonds. The van der Waals surface area contributed by atoms with Gasteiger partial charge in [0.1, 0.15) is 22.8 Å². The third-order valence-corrected chi connectivity index (χ3v) is 8.04. The number of benzene rings is 1. The standard InChI is InChI=1S/C31H37N7O3/c1-4-17-37-29(39)25-20-32-30(35-28(25)38(37)27-10-6-9-26(34-27)31(2,3)40)33-21-11-13-23(14-12-21)41-24-15-18-36(19-16-24)22-7-5-8-22/h4,6,9-14,20,22,24,40H,1,5,7-8,15-19H2,2-3H3,(H,32,33,35). The van der Waals surface area contributed by atoms with Crippen LogP contribution in [0.3, 0.4) is 0 Å². The molecule has 41 heavy (non-hydrogen) atoms. The van der Waals surface area contributed by atoms with Crippen LogP contribution in [0.25, 0.3) is 16.9 Å². The van der Waals surface area contributed by atoms with Gasteiger partial charge in [0, 0.05) is 31.0 Å². The Hall–Kier alpha value is -4.02. The first-order chi connectivity index (χ1) is 19.8. The van der Waals surface area contributed by atoms with Crippen molar-refractivity contribution in [3.8, 4) is 11.6 Å². The summed E-state index contributed by atoms with van der Waals surface area (Å²) in [5.41, 5.74) is 0.295. The normalized spacial score (nSPS) is 17.0. The molecule has 10 nitrogen and oxygen atoms in total. The molecule has 1 aliphatic heterocycles. The van der Waals surface area contributed by atoms with E-state index in [0.717, 1.165) is 43.4 Å². The zero-order valence-electron chi connectivity index (χ0n) is 23.7. The molecule has 10 heteroatoms. The second kappa shape index (κ2) is 11.1. The molecule has 214 valence electrons. The SMILES string of the molecule is C=CCn1c(=O)c2cnc(Nc3ccc(OC4CCN(C5CCC5)CC4)cc3)nc2n1-c1cccc(C(C)(C)O)n1. The Labute approximate surface area is 239 Å². The van der Waals surface area contributed by atoms with Gasteiger partial charge in [0.25, 0.3) is 5.56 Å². The topological polar surface area (TPSA) is 110 Å². The van der Waals surface area contributed by atoms with E-state index in [1.54, 1.807) is 42.8 Å². The van der Waals surface area contributed by atoms with E-state index in [0.29, 0.717) is 28.5 Å². The number of nitrogens with one attached hydrogen (secondary N) is 1. The fourth-order valence-electron chi connectivity index (χ4n) is 5.54. The van der Waals surface area contributed by atoms with Crippen LogP contribution in [0.1, 0.15) is 51.6 Å². The molecule has 4 heterocycles. The van der Waals surface area contributed by atoms with Crippen LogP contribution in [-0.2, 0) is 12.1 Å². The summed E-state index contributed by atoms with van der Waals surface area (Å²) in [4.78, 5) is 29.6. The summed E-state index contributed by atoms with van der Waals surface area (Å²) in [5, 5.41) is 14.1. The van der Waals surface area contributed by atoms with Crippen LogP contribution in [0.2, 0.25) is 0 Å². The lowest BCUT2D eigenvalue weighted by Gasteiger charge is -2.41. The first kappa shape index (κ1) is 27.2. The molecule has 0 radical (unpaired) electrons. The number of pyridine rings is 1. The highest BCUT2D eigenvalue weighted by Gasteiger charge is 2.29. The smallest absolute Gasteiger partial charge is 0.278 e. The fraction of sp³-hybridized carbons (Fsp3) is 0.419. The lowest BCUT2D eigenvalue weighted by molar-refractivity contribution is 0.0493. The molecule has 1 aromatic carbocycles. The van der Waals surface area contributed by atoms with Crippen LogP contribution in [0.4, 0.5) is 11.6 Å².